The van der Waals surface area contributed by atoms with Gasteiger partial charge >= 0.3 is 0 Å². The molecule has 34 heavy (non-hydrogen) atoms. The van der Waals surface area contributed by atoms with E-state index in [1.165, 1.54) is 0 Å². The van der Waals surface area contributed by atoms with Gasteiger partial charge in [0.25, 0.3) is 0 Å². The number of hydrogen-bond donors (Lipinski definition) is 1. The van der Waals surface area contributed by atoms with Crippen LogP contribution in [0.25, 0.3) is 44.2 Å². The van der Waals surface area contributed by atoms with Crippen molar-refractivity contribution in [3.8, 4) is 33.9 Å². The Hall–Kier alpha value is -4.19. The normalized spacial score (nSPS) is 11.0. The summed E-state index contributed by atoms with van der Waals surface area (Å²) in [5.41, 5.74) is 5.72. The van der Waals surface area contributed by atoms with Crippen LogP contribution in [0.2, 0.25) is 0 Å². The lowest BCUT2D eigenvalue weighted by molar-refractivity contribution is 0.288. The van der Waals surface area contributed by atoms with Crippen LogP contribution in [-0.2, 0) is 0 Å². The molecule has 0 aliphatic carbocycles. The number of ether oxygens (including phenoxy) is 2. The Bertz CT molecular complexity index is 1480. The van der Waals surface area contributed by atoms with Crippen molar-refractivity contribution in [3.63, 3.8) is 0 Å². The third kappa shape index (κ3) is 4.10. The predicted octanol–water partition coefficient (Wildman–Crippen LogP) is 6.35. The van der Waals surface area contributed by atoms with E-state index in [9.17, 15) is 0 Å². The van der Waals surface area contributed by atoms with Gasteiger partial charge in [0.2, 0.25) is 5.95 Å². The monoisotopic (exact) mass is 450 g/mol. The molecule has 3 aromatic carbocycles. The SMILES string of the molecule is CCOc1cc2nc(NC)nc(-c3cccc(-c4cnc5ccccc5c4)c3)c2cc1OCC. The molecule has 0 aliphatic heterocycles. The highest BCUT2D eigenvalue weighted by Crippen LogP contribution is 2.37. The lowest BCUT2D eigenvalue weighted by atomic mass is 9.99. The molecule has 0 bridgehead atoms. The molecule has 5 rings (SSSR count). The molecular formula is C28H26N4O2. The van der Waals surface area contributed by atoms with Crippen molar-refractivity contribution in [3.05, 3.63) is 72.9 Å². The molecule has 170 valence electrons. The summed E-state index contributed by atoms with van der Waals surface area (Å²) in [6, 6.07) is 22.6. The zero-order valence-electron chi connectivity index (χ0n) is 19.5. The number of aromatic nitrogens is 3. The number of benzene rings is 3. The Kier molecular flexibility index (Phi) is 5.95. The summed E-state index contributed by atoms with van der Waals surface area (Å²) in [5, 5.41) is 5.10. The fourth-order valence-electron chi connectivity index (χ4n) is 4.08. The smallest absolute Gasteiger partial charge is 0.223 e. The van der Waals surface area contributed by atoms with Crippen LogP contribution < -0.4 is 14.8 Å². The van der Waals surface area contributed by atoms with Gasteiger partial charge in [-0.3, -0.25) is 4.98 Å². The van der Waals surface area contributed by atoms with Gasteiger partial charge in [-0.1, -0.05) is 36.4 Å². The molecule has 0 spiro atoms. The van der Waals surface area contributed by atoms with E-state index < -0.39 is 0 Å². The fraction of sp³-hybridized carbons (Fsp3) is 0.179. The van der Waals surface area contributed by atoms with Crippen LogP contribution in [0.4, 0.5) is 5.95 Å². The Morgan fingerprint density at radius 2 is 1.50 bits per heavy atom. The van der Waals surface area contributed by atoms with Crippen LogP contribution in [0.3, 0.4) is 0 Å². The van der Waals surface area contributed by atoms with Crippen LogP contribution >= 0.6 is 0 Å². The van der Waals surface area contributed by atoms with Gasteiger partial charge in [-0.2, -0.15) is 0 Å². The van der Waals surface area contributed by atoms with Crippen LogP contribution in [0.5, 0.6) is 11.5 Å². The molecule has 6 nitrogen and oxygen atoms in total. The average Bonchev–Trinajstić information content (AvgIpc) is 2.88. The second kappa shape index (κ2) is 9.35. The van der Waals surface area contributed by atoms with Crippen LogP contribution in [0, 0.1) is 0 Å². The maximum Gasteiger partial charge on any atom is 0.223 e. The minimum Gasteiger partial charge on any atom is -0.490 e. The van der Waals surface area contributed by atoms with Crippen molar-refractivity contribution in [2.24, 2.45) is 0 Å². The molecule has 2 aromatic heterocycles. The van der Waals surface area contributed by atoms with Crippen molar-refractivity contribution in [1.29, 1.82) is 0 Å². The van der Waals surface area contributed by atoms with Crippen LogP contribution in [-0.4, -0.2) is 35.2 Å². The maximum atomic E-state index is 5.87. The lowest BCUT2D eigenvalue weighted by Crippen LogP contribution is -2.02. The van der Waals surface area contributed by atoms with E-state index in [1.807, 2.05) is 63.5 Å². The number of fused-ring (bicyclic) bond motifs is 2. The third-order valence-electron chi connectivity index (χ3n) is 5.64. The third-order valence-corrected chi connectivity index (χ3v) is 5.64. The van der Waals surface area contributed by atoms with E-state index in [0.29, 0.717) is 30.7 Å². The standard InChI is InChI=1S/C28H26N4O2/c1-4-33-25-15-22-24(16-26(25)34-5-2)31-28(29-3)32-27(22)20-11-8-10-18(13-20)21-14-19-9-6-7-12-23(19)30-17-21/h6-17H,4-5H2,1-3H3,(H,29,31,32). The predicted molar refractivity (Wildman–Crippen MR) is 138 cm³/mol. The summed E-state index contributed by atoms with van der Waals surface area (Å²) in [7, 11) is 1.82. The molecule has 0 saturated carbocycles. The van der Waals surface area contributed by atoms with Gasteiger partial charge < -0.3 is 14.8 Å². The number of anilines is 1. The number of nitrogens with one attached hydrogen (secondary N) is 1. The van der Waals surface area contributed by atoms with E-state index in [0.717, 1.165) is 44.2 Å². The Morgan fingerprint density at radius 1 is 0.735 bits per heavy atom. The number of rotatable bonds is 7. The van der Waals surface area contributed by atoms with Crippen molar-refractivity contribution in [2.45, 2.75) is 13.8 Å². The molecule has 0 saturated heterocycles. The highest BCUT2D eigenvalue weighted by Gasteiger charge is 2.15. The first-order chi connectivity index (χ1) is 16.7. The number of pyridine rings is 1. The van der Waals surface area contributed by atoms with E-state index in [4.69, 9.17) is 14.5 Å². The molecular weight excluding hydrogens is 424 g/mol. The number of nitrogens with zero attached hydrogens (tertiary/aromatic N) is 3. The van der Waals surface area contributed by atoms with Gasteiger partial charge in [0.05, 0.1) is 29.9 Å². The van der Waals surface area contributed by atoms with Gasteiger partial charge in [0.1, 0.15) is 0 Å². The van der Waals surface area contributed by atoms with Gasteiger partial charge in [-0.15, -0.1) is 0 Å². The minimum absolute atomic E-state index is 0.542. The van der Waals surface area contributed by atoms with E-state index in [-0.39, 0.29) is 0 Å². The maximum absolute atomic E-state index is 5.87. The molecule has 0 amide bonds. The van der Waals surface area contributed by atoms with Crippen molar-refractivity contribution in [2.75, 3.05) is 25.6 Å². The molecule has 2 heterocycles. The Morgan fingerprint density at radius 3 is 2.29 bits per heavy atom. The first kappa shape index (κ1) is 21.6. The zero-order valence-corrected chi connectivity index (χ0v) is 19.5. The highest BCUT2D eigenvalue weighted by atomic mass is 16.5. The fourth-order valence-corrected chi connectivity index (χ4v) is 4.08. The second-order valence-corrected chi connectivity index (χ2v) is 7.83. The zero-order chi connectivity index (χ0) is 23.5. The summed E-state index contributed by atoms with van der Waals surface area (Å²) in [6.07, 6.45) is 1.92. The van der Waals surface area contributed by atoms with E-state index in [2.05, 4.69) is 45.6 Å². The molecule has 0 fully saturated rings. The first-order valence-electron chi connectivity index (χ1n) is 11.4. The molecule has 6 heteroatoms. The van der Waals surface area contributed by atoms with Crippen molar-refractivity contribution in [1.82, 2.24) is 15.0 Å². The molecule has 0 atom stereocenters. The van der Waals surface area contributed by atoms with Gasteiger partial charge in [0, 0.05) is 41.2 Å². The lowest BCUT2D eigenvalue weighted by Gasteiger charge is -2.15. The topological polar surface area (TPSA) is 69.2 Å². The molecule has 5 aromatic rings. The van der Waals surface area contributed by atoms with Crippen LogP contribution in [0.1, 0.15) is 13.8 Å². The van der Waals surface area contributed by atoms with Gasteiger partial charge in [0.15, 0.2) is 11.5 Å². The average molecular weight is 451 g/mol. The molecule has 0 aliphatic rings. The van der Waals surface area contributed by atoms with Crippen molar-refractivity contribution >= 4 is 27.8 Å². The van der Waals surface area contributed by atoms with E-state index in [1.54, 1.807) is 0 Å². The van der Waals surface area contributed by atoms with E-state index >= 15 is 0 Å². The summed E-state index contributed by atoms with van der Waals surface area (Å²) in [4.78, 5) is 14.1. The van der Waals surface area contributed by atoms with Gasteiger partial charge in [-0.05, 0) is 43.7 Å². The molecule has 0 radical (unpaired) electrons. The van der Waals surface area contributed by atoms with Crippen molar-refractivity contribution < 1.29 is 9.47 Å². The summed E-state index contributed by atoms with van der Waals surface area (Å²) in [5.74, 6) is 1.92. The highest BCUT2D eigenvalue weighted by molar-refractivity contribution is 5.96. The minimum atomic E-state index is 0.542. The van der Waals surface area contributed by atoms with Crippen LogP contribution in [0.15, 0.2) is 72.9 Å². The Balaban J connectivity index is 1.67. The number of para-hydroxylation sites is 1. The summed E-state index contributed by atoms with van der Waals surface area (Å²) < 4.78 is 11.7. The van der Waals surface area contributed by atoms with Gasteiger partial charge in [-0.25, -0.2) is 9.97 Å². The molecule has 0 unspecified atom stereocenters. The second-order valence-electron chi connectivity index (χ2n) is 7.83. The summed E-state index contributed by atoms with van der Waals surface area (Å²) >= 11 is 0. The largest absolute Gasteiger partial charge is 0.490 e. The number of hydrogen-bond acceptors (Lipinski definition) is 6. The summed E-state index contributed by atoms with van der Waals surface area (Å²) in [6.45, 7) is 5.01. The Labute approximate surface area is 198 Å². The quantitative estimate of drug-likeness (QED) is 0.312. The first-order valence-corrected chi connectivity index (χ1v) is 11.4. The molecule has 1 N–H and O–H groups in total.